The number of aromatic nitrogens is 1. The molecule has 5 N–H and O–H groups in total. The Bertz CT molecular complexity index is 1090. The number of sulfone groups is 1. The number of benzene rings is 1. The molecule has 2 amide bonds. The number of halogens is 1. The Morgan fingerprint density at radius 1 is 1.16 bits per heavy atom. The van der Waals surface area contributed by atoms with E-state index in [0.717, 1.165) is 16.9 Å². The van der Waals surface area contributed by atoms with Crippen LogP contribution in [0, 0.1) is 5.41 Å². The Morgan fingerprint density at radius 2 is 1.78 bits per heavy atom. The predicted octanol–water partition coefficient (Wildman–Crippen LogP) is 1.48. The zero-order valence-electron chi connectivity index (χ0n) is 17.4. The SMILES string of the molecule is CC(=O)Nc1nc(CCc2ccc(NC(=N)N)cc2)c(C(=O)N2CCS(=O)(=O)CC2)s1.Cl. The fourth-order valence-corrected chi connectivity index (χ4v) is 5.35. The number of aryl methyl sites for hydroxylation is 2. The Labute approximate surface area is 196 Å². The predicted molar refractivity (Wildman–Crippen MR) is 128 cm³/mol. The van der Waals surface area contributed by atoms with Gasteiger partial charge in [0, 0.05) is 25.7 Å². The van der Waals surface area contributed by atoms with Gasteiger partial charge in [0.2, 0.25) is 5.91 Å². The molecule has 1 aliphatic heterocycles. The minimum absolute atomic E-state index is 0. The first kappa shape index (κ1) is 25.6. The molecule has 0 saturated carbocycles. The first-order chi connectivity index (χ1) is 14.6. The summed E-state index contributed by atoms with van der Waals surface area (Å²) in [6.45, 7) is 1.67. The molecule has 1 fully saturated rings. The van der Waals surface area contributed by atoms with Crippen molar-refractivity contribution in [1.82, 2.24) is 9.88 Å². The summed E-state index contributed by atoms with van der Waals surface area (Å²) in [5.41, 5.74) is 7.60. The summed E-state index contributed by atoms with van der Waals surface area (Å²) in [4.78, 5) is 30.8. The lowest BCUT2D eigenvalue weighted by Crippen LogP contribution is -2.43. The van der Waals surface area contributed by atoms with Crippen molar-refractivity contribution in [3.8, 4) is 0 Å². The van der Waals surface area contributed by atoms with Crippen LogP contribution in [0.1, 0.15) is 27.9 Å². The summed E-state index contributed by atoms with van der Waals surface area (Å²) in [7, 11) is -3.10. The number of carbonyl (C=O) groups excluding carboxylic acids is 2. The number of rotatable bonds is 6. The van der Waals surface area contributed by atoms with Gasteiger partial charge < -0.3 is 21.3 Å². The first-order valence-electron chi connectivity index (χ1n) is 9.60. The molecule has 3 rings (SSSR count). The summed E-state index contributed by atoms with van der Waals surface area (Å²) in [6.07, 6.45) is 1.08. The number of carbonyl (C=O) groups is 2. The number of amides is 2. The van der Waals surface area contributed by atoms with E-state index in [2.05, 4.69) is 15.6 Å². The Morgan fingerprint density at radius 3 is 2.34 bits per heavy atom. The molecule has 2 aromatic rings. The maximum Gasteiger partial charge on any atom is 0.265 e. The van der Waals surface area contributed by atoms with E-state index in [4.69, 9.17) is 11.1 Å². The number of hydrogen-bond acceptors (Lipinski definition) is 7. The molecule has 1 aromatic heterocycles. The third-order valence-corrected chi connectivity index (χ3v) is 7.30. The number of guanidine groups is 1. The third-order valence-electron chi connectivity index (χ3n) is 4.69. The van der Waals surface area contributed by atoms with Crippen LogP contribution in [0.15, 0.2) is 24.3 Å². The van der Waals surface area contributed by atoms with Crippen LogP contribution in [-0.2, 0) is 27.5 Å². The highest BCUT2D eigenvalue weighted by Gasteiger charge is 2.29. The molecule has 1 aromatic carbocycles. The maximum atomic E-state index is 13.0. The van der Waals surface area contributed by atoms with Gasteiger partial charge in [-0.15, -0.1) is 12.4 Å². The number of nitrogens with zero attached hydrogens (tertiary/aromatic N) is 2. The van der Waals surface area contributed by atoms with Crippen LogP contribution >= 0.6 is 23.7 Å². The molecule has 0 radical (unpaired) electrons. The van der Waals surface area contributed by atoms with E-state index < -0.39 is 9.84 Å². The maximum absolute atomic E-state index is 13.0. The van der Waals surface area contributed by atoms with E-state index in [0.29, 0.717) is 34.2 Å². The number of anilines is 2. The second-order valence-electron chi connectivity index (χ2n) is 7.16. The van der Waals surface area contributed by atoms with Crippen molar-refractivity contribution in [3.63, 3.8) is 0 Å². The van der Waals surface area contributed by atoms with Crippen molar-refractivity contribution in [2.45, 2.75) is 19.8 Å². The van der Waals surface area contributed by atoms with Gasteiger partial charge in [0.15, 0.2) is 20.9 Å². The summed E-state index contributed by atoms with van der Waals surface area (Å²) in [5.74, 6) is -0.788. The van der Waals surface area contributed by atoms with Crippen LogP contribution in [0.5, 0.6) is 0 Å². The zero-order chi connectivity index (χ0) is 22.6. The molecule has 1 saturated heterocycles. The standard InChI is InChI=1S/C19H24N6O4S2.ClH/c1-12(26)22-19-24-15(7-4-13-2-5-14(6-3-13)23-18(20)21)16(30-19)17(27)25-8-10-31(28,29)11-9-25;/h2-3,5-6H,4,7-11H2,1H3,(H4,20,21,23)(H,22,24,26);1H. The van der Waals surface area contributed by atoms with Crippen molar-refractivity contribution >= 4 is 62.2 Å². The molecule has 0 aliphatic carbocycles. The summed E-state index contributed by atoms with van der Waals surface area (Å²) in [6, 6.07) is 7.40. The van der Waals surface area contributed by atoms with E-state index in [1.165, 1.54) is 11.8 Å². The number of hydrogen-bond donors (Lipinski definition) is 4. The lowest BCUT2D eigenvalue weighted by Gasteiger charge is -2.26. The molecule has 0 atom stereocenters. The zero-order valence-corrected chi connectivity index (χ0v) is 19.8. The van der Waals surface area contributed by atoms with Crippen LogP contribution in [0.4, 0.5) is 10.8 Å². The van der Waals surface area contributed by atoms with Gasteiger partial charge in [0.05, 0.1) is 17.2 Å². The monoisotopic (exact) mass is 500 g/mol. The molecular formula is C19H25ClN6O4S2. The number of thiazole rings is 1. The van der Waals surface area contributed by atoms with Crippen molar-refractivity contribution < 1.29 is 18.0 Å². The molecule has 0 spiro atoms. The van der Waals surface area contributed by atoms with Gasteiger partial charge in [0.1, 0.15) is 4.88 Å². The molecule has 32 heavy (non-hydrogen) atoms. The minimum atomic E-state index is -3.10. The molecule has 0 unspecified atom stereocenters. The minimum Gasteiger partial charge on any atom is -0.370 e. The van der Waals surface area contributed by atoms with Crippen LogP contribution in [0.25, 0.3) is 0 Å². The quantitative estimate of drug-likeness (QED) is 0.345. The smallest absolute Gasteiger partial charge is 0.265 e. The van der Waals surface area contributed by atoms with Crippen LogP contribution < -0.4 is 16.4 Å². The summed E-state index contributed by atoms with van der Waals surface area (Å²) in [5, 5.41) is 12.9. The fraction of sp³-hybridized carbons (Fsp3) is 0.368. The lowest BCUT2D eigenvalue weighted by atomic mass is 10.1. The summed E-state index contributed by atoms with van der Waals surface area (Å²) >= 11 is 1.10. The van der Waals surface area contributed by atoms with E-state index >= 15 is 0 Å². The fourth-order valence-electron chi connectivity index (χ4n) is 3.12. The van der Waals surface area contributed by atoms with Gasteiger partial charge in [-0.05, 0) is 30.5 Å². The number of nitrogens with two attached hydrogens (primary N) is 1. The average Bonchev–Trinajstić information content (AvgIpc) is 3.08. The third kappa shape index (κ3) is 6.90. The first-order valence-corrected chi connectivity index (χ1v) is 12.2. The van der Waals surface area contributed by atoms with Crippen molar-refractivity contribution in [2.24, 2.45) is 5.73 Å². The van der Waals surface area contributed by atoms with Gasteiger partial charge >= 0.3 is 0 Å². The van der Waals surface area contributed by atoms with Gasteiger partial charge in [0.25, 0.3) is 5.91 Å². The van der Waals surface area contributed by atoms with E-state index in [1.54, 1.807) is 12.1 Å². The Balaban J connectivity index is 0.00000363. The molecule has 0 bridgehead atoms. The highest BCUT2D eigenvalue weighted by molar-refractivity contribution is 7.91. The second kappa shape index (κ2) is 10.7. The molecule has 2 heterocycles. The van der Waals surface area contributed by atoms with E-state index in [-0.39, 0.29) is 54.8 Å². The van der Waals surface area contributed by atoms with Crippen LogP contribution in [-0.4, -0.2) is 60.7 Å². The van der Waals surface area contributed by atoms with E-state index in [1.807, 2.05) is 12.1 Å². The van der Waals surface area contributed by atoms with Gasteiger partial charge in [-0.2, -0.15) is 0 Å². The molecule has 1 aliphatic rings. The van der Waals surface area contributed by atoms with Gasteiger partial charge in [-0.25, -0.2) is 13.4 Å². The molecule has 10 nitrogen and oxygen atoms in total. The molecular weight excluding hydrogens is 476 g/mol. The Hall–Kier alpha value is -2.70. The van der Waals surface area contributed by atoms with Crippen molar-refractivity contribution in [3.05, 3.63) is 40.4 Å². The summed E-state index contributed by atoms with van der Waals surface area (Å²) < 4.78 is 23.3. The topological polar surface area (TPSA) is 158 Å². The van der Waals surface area contributed by atoms with Crippen LogP contribution in [0.3, 0.4) is 0 Å². The molecule has 13 heteroatoms. The largest absolute Gasteiger partial charge is 0.370 e. The second-order valence-corrected chi connectivity index (χ2v) is 10.5. The molecule has 174 valence electrons. The van der Waals surface area contributed by atoms with Crippen LogP contribution in [0.2, 0.25) is 0 Å². The van der Waals surface area contributed by atoms with Gasteiger partial charge in [-0.3, -0.25) is 15.0 Å². The Kier molecular flexibility index (Phi) is 8.58. The normalized spacial score (nSPS) is 14.8. The highest BCUT2D eigenvalue weighted by atomic mass is 35.5. The lowest BCUT2D eigenvalue weighted by molar-refractivity contribution is -0.114. The average molecular weight is 501 g/mol. The number of nitrogens with one attached hydrogen (secondary N) is 3. The van der Waals surface area contributed by atoms with Crippen molar-refractivity contribution in [1.29, 1.82) is 5.41 Å². The van der Waals surface area contributed by atoms with Crippen molar-refractivity contribution in [2.75, 3.05) is 35.2 Å². The highest BCUT2D eigenvalue weighted by Crippen LogP contribution is 2.27. The van der Waals surface area contributed by atoms with Gasteiger partial charge in [-0.1, -0.05) is 23.5 Å². The van der Waals surface area contributed by atoms with E-state index in [9.17, 15) is 18.0 Å².